The van der Waals surface area contributed by atoms with Gasteiger partial charge in [0.15, 0.2) is 6.61 Å². The number of amides is 2. The lowest BCUT2D eigenvalue weighted by Crippen LogP contribution is -2.37. The van der Waals surface area contributed by atoms with E-state index in [2.05, 4.69) is 10.6 Å². The van der Waals surface area contributed by atoms with Crippen molar-refractivity contribution < 1.29 is 28.3 Å². The molecule has 0 fully saturated rings. The monoisotopic (exact) mass is 348 g/mol. The lowest BCUT2D eigenvalue weighted by molar-refractivity contribution is -0.127. The van der Waals surface area contributed by atoms with E-state index < -0.39 is 18.5 Å². The fourth-order valence-electron chi connectivity index (χ4n) is 2.13. The molecular formula is C17H20N2O6. The highest BCUT2D eigenvalue weighted by atomic mass is 16.5. The Hall–Kier alpha value is -2.87. The highest BCUT2D eigenvalue weighted by Gasteiger charge is 2.22. The van der Waals surface area contributed by atoms with E-state index in [0.29, 0.717) is 17.8 Å². The molecule has 0 unspecified atom stereocenters. The summed E-state index contributed by atoms with van der Waals surface area (Å²) < 4.78 is 15.9. The van der Waals surface area contributed by atoms with Crippen LogP contribution in [0.3, 0.4) is 0 Å². The van der Waals surface area contributed by atoms with Gasteiger partial charge in [0.05, 0.1) is 13.2 Å². The van der Waals surface area contributed by atoms with Crippen molar-refractivity contribution in [1.82, 2.24) is 10.6 Å². The molecule has 2 amide bonds. The van der Waals surface area contributed by atoms with E-state index in [4.69, 9.17) is 13.9 Å². The minimum atomic E-state index is -0.763. The zero-order valence-electron chi connectivity index (χ0n) is 14.1. The molecule has 0 atom stereocenters. The first-order valence-electron chi connectivity index (χ1n) is 7.79. The van der Waals surface area contributed by atoms with Gasteiger partial charge in [0.1, 0.15) is 5.58 Å². The van der Waals surface area contributed by atoms with Crippen molar-refractivity contribution in [2.45, 2.75) is 13.5 Å². The topological polar surface area (TPSA) is 107 Å². The number of rotatable bonds is 8. The van der Waals surface area contributed by atoms with Crippen LogP contribution in [-0.2, 0) is 25.7 Å². The Morgan fingerprint density at radius 1 is 1.16 bits per heavy atom. The Morgan fingerprint density at radius 3 is 2.64 bits per heavy atom. The lowest BCUT2D eigenvalue weighted by atomic mass is 10.1. The number of benzene rings is 1. The molecule has 2 N–H and O–H groups in total. The van der Waals surface area contributed by atoms with E-state index in [1.165, 1.54) is 7.05 Å². The first kappa shape index (κ1) is 18.5. The van der Waals surface area contributed by atoms with Gasteiger partial charge < -0.3 is 24.5 Å². The third-order valence-corrected chi connectivity index (χ3v) is 3.39. The van der Waals surface area contributed by atoms with E-state index in [0.717, 1.165) is 5.39 Å². The maximum Gasteiger partial charge on any atom is 0.375 e. The Bertz CT molecular complexity index is 768. The molecule has 0 saturated heterocycles. The summed E-state index contributed by atoms with van der Waals surface area (Å²) in [6.07, 6.45) is 0. The SMILES string of the molecule is CCOCc1c(C(=O)OCC(=O)NCC(=O)NC)oc2ccccc12. The molecule has 2 aromatic rings. The van der Waals surface area contributed by atoms with Gasteiger partial charge in [0.25, 0.3) is 5.91 Å². The van der Waals surface area contributed by atoms with Gasteiger partial charge in [-0.25, -0.2) is 4.79 Å². The van der Waals surface area contributed by atoms with E-state index in [9.17, 15) is 14.4 Å². The van der Waals surface area contributed by atoms with E-state index in [1.807, 2.05) is 19.1 Å². The number of hydrogen-bond acceptors (Lipinski definition) is 6. The molecule has 1 aromatic carbocycles. The summed E-state index contributed by atoms with van der Waals surface area (Å²) in [6, 6.07) is 7.17. The Labute approximate surface area is 144 Å². The molecular weight excluding hydrogens is 328 g/mol. The van der Waals surface area contributed by atoms with Crippen molar-refractivity contribution in [3.05, 3.63) is 35.6 Å². The average Bonchev–Trinajstić information content (AvgIpc) is 3.01. The molecule has 0 saturated carbocycles. The van der Waals surface area contributed by atoms with Crippen LogP contribution < -0.4 is 10.6 Å². The number of carbonyl (C=O) groups excluding carboxylic acids is 3. The first-order chi connectivity index (χ1) is 12.1. The van der Waals surface area contributed by atoms with Crippen LogP contribution in [0.25, 0.3) is 11.0 Å². The van der Waals surface area contributed by atoms with Gasteiger partial charge >= 0.3 is 5.97 Å². The highest BCUT2D eigenvalue weighted by Crippen LogP contribution is 2.27. The highest BCUT2D eigenvalue weighted by molar-refractivity contribution is 5.97. The molecule has 8 nitrogen and oxygen atoms in total. The van der Waals surface area contributed by atoms with Gasteiger partial charge in [-0.15, -0.1) is 0 Å². The van der Waals surface area contributed by atoms with Crippen molar-refractivity contribution in [3.63, 3.8) is 0 Å². The van der Waals surface area contributed by atoms with Gasteiger partial charge in [0, 0.05) is 24.6 Å². The summed E-state index contributed by atoms with van der Waals surface area (Å²) in [5, 5.41) is 5.45. The summed E-state index contributed by atoms with van der Waals surface area (Å²) in [7, 11) is 1.45. The van der Waals surface area contributed by atoms with Crippen molar-refractivity contribution in [1.29, 1.82) is 0 Å². The third kappa shape index (κ3) is 4.80. The quantitative estimate of drug-likeness (QED) is 0.689. The van der Waals surface area contributed by atoms with Crippen molar-refractivity contribution in [3.8, 4) is 0 Å². The molecule has 0 aliphatic heterocycles. The number of hydrogen-bond donors (Lipinski definition) is 2. The molecule has 0 radical (unpaired) electrons. The zero-order valence-corrected chi connectivity index (χ0v) is 14.1. The standard InChI is InChI=1S/C17H20N2O6/c1-3-23-9-12-11-6-4-5-7-13(11)25-16(12)17(22)24-10-15(21)19-8-14(20)18-2/h4-7H,3,8-10H2,1-2H3,(H,18,20)(H,19,21). The number of ether oxygens (including phenoxy) is 2. The summed E-state index contributed by atoms with van der Waals surface area (Å²) in [5.41, 5.74) is 1.11. The molecule has 0 bridgehead atoms. The van der Waals surface area contributed by atoms with Crippen LogP contribution in [0.5, 0.6) is 0 Å². The van der Waals surface area contributed by atoms with E-state index in [1.54, 1.807) is 12.1 Å². The molecule has 0 aliphatic carbocycles. The average molecular weight is 348 g/mol. The molecule has 25 heavy (non-hydrogen) atoms. The van der Waals surface area contributed by atoms with Gasteiger partial charge in [-0.2, -0.15) is 0 Å². The Morgan fingerprint density at radius 2 is 1.92 bits per heavy atom. The van der Waals surface area contributed by atoms with Crippen LogP contribution in [0.1, 0.15) is 23.0 Å². The minimum Gasteiger partial charge on any atom is -0.450 e. The molecule has 8 heteroatoms. The van der Waals surface area contributed by atoms with Gasteiger partial charge in [-0.1, -0.05) is 18.2 Å². The second-order valence-electron chi connectivity index (χ2n) is 5.07. The van der Waals surface area contributed by atoms with Crippen molar-refractivity contribution in [2.24, 2.45) is 0 Å². The van der Waals surface area contributed by atoms with Gasteiger partial charge in [-0.05, 0) is 13.0 Å². The number of nitrogens with one attached hydrogen (secondary N) is 2. The van der Waals surface area contributed by atoms with Crippen LogP contribution in [-0.4, -0.2) is 44.6 Å². The summed E-state index contributed by atoms with van der Waals surface area (Å²) >= 11 is 0. The predicted octanol–water partition coefficient (Wildman–Crippen LogP) is 0.988. The van der Waals surface area contributed by atoms with Crippen molar-refractivity contribution in [2.75, 3.05) is 26.8 Å². The number of fused-ring (bicyclic) bond motifs is 1. The predicted molar refractivity (Wildman–Crippen MR) is 88.9 cm³/mol. The summed E-state index contributed by atoms with van der Waals surface area (Å²) in [5.74, 6) is -1.69. The van der Waals surface area contributed by atoms with Crippen LogP contribution in [0.2, 0.25) is 0 Å². The van der Waals surface area contributed by atoms with Crippen LogP contribution in [0.15, 0.2) is 28.7 Å². The molecule has 1 aromatic heterocycles. The molecule has 1 heterocycles. The van der Waals surface area contributed by atoms with E-state index >= 15 is 0 Å². The van der Waals surface area contributed by atoms with Crippen LogP contribution in [0.4, 0.5) is 0 Å². The number of carbonyl (C=O) groups is 3. The number of likely N-dealkylation sites (N-methyl/N-ethyl adjacent to an activating group) is 1. The number of para-hydroxylation sites is 1. The second kappa shape index (κ2) is 8.84. The first-order valence-corrected chi connectivity index (χ1v) is 7.79. The van der Waals surface area contributed by atoms with Gasteiger partial charge in [0.2, 0.25) is 11.7 Å². The molecule has 134 valence electrons. The minimum absolute atomic E-state index is 0.00810. The second-order valence-corrected chi connectivity index (χ2v) is 5.07. The van der Waals surface area contributed by atoms with Crippen LogP contribution in [0, 0.1) is 0 Å². The maximum absolute atomic E-state index is 12.3. The number of esters is 1. The fourth-order valence-corrected chi connectivity index (χ4v) is 2.13. The molecule has 2 rings (SSSR count). The molecule has 0 spiro atoms. The third-order valence-electron chi connectivity index (χ3n) is 3.39. The van der Waals surface area contributed by atoms with Gasteiger partial charge in [-0.3, -0.25) is 9.59 Å². The Balaban J connectivity index is 2.05. The zero-order chi connectivity index (χ0) is 18.2. The van der Waals surface area contributed by atoms with E-state index in [-0.39, 0.29) is 24.8 Å². The lowest BCUT2D eigenvalue weighted by Gasteiger charge is -2.06. The number of furan rings is 1. The maximum atomic E-state index is 12.3. The Kier molecular flexibility index (Phi) is 6.53. The summed E-state index contributed by atoms with van der Waals surface area (Å²) in [4.78, 5) is 34.9. The van der Waals surface area contributed by atoms with Crippen LogP contribution >= 0.6 is 0 Å². The molecule has 0 aliphatic rings. The normalized spacial score (nSPS) is 10.5. The fraction of sp³-hybridized carbons (Fsp3) is 0.353. The largest absolute Gasteiger partial charge is 0.450 e. The summed E-state index contributed by atoms with van der Waals surface area (Å²) in [6.45, 7) is 1.82. The van der Waals surface area contributed by atoms with Crippen molar-refractivity contribution >= 4 is 28.8 Å². The smallest absolute Gasteiger partial charge is 0.375 e.